The van der Waals surface area contributed by atoms with Gasteiger partial charge in [-0.25, -0.2) is 0 Å². The van der Waals surface area contributed by atoms with Gasteiger partial charge in [-0.3, -0.25) is 23.7 Å². The Morgan fingerprint density at radius 3 is 1.54 bits per heavy atom. The van der Waals surface area contributed by atoms with Crippen molar-refractivity contribution in [3.8, 4) is 5.75 Å². The molecular weight excluding hydrogens is 632 g/mol. The molecule has 0 saturated heterocycles. The van der Waals surface area contributed by atoms with Crippen molar-refractivity contribution < 1.29 is 36.9 Å². The third-order valence-corrected chi connectivity index (χ3v) is 9.20. The monoisotopic (exact) mass is 694 g/mol. The Balaban J connectivity index is 2.41. The number of ether oxygens (including phenoxy) is 1. The van der Waals surface area contributed by atoms with Crippen LogP contribution in [-0.2, 0) is 24.5 Å². The number of nitrogens with one attached hydrogen (secondary N) is 2. The van der Waals surface area contributed by atoms with Crippen molar-refractivity contribution in [1.29, 1.82) is 0 Å². The molecule has 2 amide bonds. The molecule has 11 heteroatoms. The van der Waals surface area contributed by atoms with E-state index in [0.717, 1.165) is 44.6 Å². The van der Waals surface area contributed by atoms with Crippen LogP contribution in [0.2, 0.25) is 0 Å². The average Bonchev–Trinajstić information content (AvgIpc) is 3.04. The van der Waals surface area contributed by atoms with Crippen LogP contribution in [0.25, 0.3) is 0 Å². The Hall–Kier alpha value is -2.79. The van der Waals surface area contributed by atoms with E-state index in [4.69, 9.17) is 4.74 Å². The normalized spacial score (nSPS) is 11.3. The summed E-state index contributed by atoms with van der Waals surface area (Å²) in [4.78, 5) is 49.1. The minimum absolute atomic E-state index is 0.0101. The molecule has 274 valence electrons. The van der Waals surface area contributed by atoms with Crippen molar-refractivity contribution in [2.75, 3.05) is 13.1 Å². The molecule has 0 spiro atoms. The summed E-state index contributed by atoms with van der Waals surface area (Å²) in [6.45, 7) is 5.40. The average molecular weight is 695 g/mol. The minimum atomic E-state index is -4.75. The molecule has 0 aliphatic rings. The summed E-state index contributed by atoms with van der Waals surface area (Å²) >= 11 is 0. The fourth-order valence-corrected chi connectivity index (χ4v) is 6.08. The van der Waals surface area contributed by atoms with Gasteiger partial charge < -0.3 is 15.4 Å². The van der Waals surface area contributed by atoms with Crippen LogP contribution in [0.4, 0.5) is 0 Å². The second-order valence-electron chi connectivity index (χ2n) is 12.7. The topological polar surface area (TPSA) is 156 Å². The van der Waals surface area contributed by atoms with Crippen LogP contribution >= 0.6 is 0 Å². The van der Waals surface area contributed by atoms with E-state index in [1.165, 1.54) is 57.1 Å². The van der Waals surface area contributed by atoms with Crippen molar-refractivity contribution in [3.05, 3.63) is 23.8 Å². The lowest BCUT2D eigenvalue weighted by molar-refractivity contribution is -0.134. The molecule has 0 atom stereocenters. The molecule has 0 unspecified atom stereocenters. The third-order valence-electron chi connectivity index (χ3n) is 8.32. The molecule has 0 bridgehead atoms. The number of ketones is 1. The van der Waals surface area contributed by atoms with E-state index >= 15 is 0 Å². The van der Waals surface area contributed by atoms with Crippen LogP contribution in [0.1, 0.15) is 172 Å². The molecule has 1 rings (SSSR count). The molecule has 1 aromatic rings. The molecule has 3 N–H and O–H groups in total. The number of unbranched alkanes of at least 4 members (excludes halogenated alkanes) is 15. The first-order valence-electron chi connectivity index (χ1n) is 18.5. The third kappa shape index (κ3) is 21.2. The number of rotatable bonds is 30. The van der Waals surface area contributed by atoms with Crippen LogP contribution in [0.3, 0.4) is 0 Å². The first kappa shape index (κ1) is 43.2. The van der Waals surface area contributed by atoms with Gasteiger partial charge in [0.1, 0.15) is 4.90 Å². The Bertz CT molecular complexity index is 1190. The molecule has 0 aliphatic heterocycles. The van der Waals surface area contributed by atoms with Gasteiger partial charge in [-0.05, 0) is 50.7 Å². The zero-order valence-corrected chi connectivity index (χ0v) is 30.4. The van der Waals surface area contributed by atoms with Gasteiger partial charge >= 0.3 is 5.97 Å². The summed E-state index contributed by atoms with van der Waals surface area (Å²) < 4.78 is 39.2. The largest absolute Gasteiger partial charge is 0.424 e. The summed E-state index contributed by atoms with van der Waals surface area (Å²) in [5, 5.41) is 5.82. The maximum Gasteiger partial charge on any atom is 0.311 e. The summed E-state index contributed by atoms with van der Waals surface area (Å²) in [6.07, 6.45) is 19.6. The highest BCUT2D eigenvalue weighted by atomic mass is 32.2. The molecule has 48 heavy (non-hydrogen) atoms. The Labute approximate surface area is 289 Å². The summed E-state index contributed by atoms with van der Waals surface area (Å²) in [5.74, 6) is -1.49. The van der Waals surface area contributed by atoms with Crippen molar-refractivity contribution >= 4 is 33.7 Å². The SMILES string of the molecule is CCCCCCCCCC(=O)NCCCCCC(=O)c1cccc(S(=O)(=O)O)c1OC(=O)CCCCCNC(=O)CCCCCCCC. The molecule has 0 fully saturated rings. The zero-order valence-electron chi connectivity index (χ0n) is 29.6. The van der Waals surface area contributed by atoms with Crippen molar-refractivity contribution in [1.82, 2.24) is 10.6 Å². The molecule has 0 aromatic heterocycles. The van der Waals surface area contributed by atoms with Crippen LogP contribution in [-0.4, -0.2) is 49.6 Å². The van der Waals surface area contributed by atoms with Gasteiger partial charge in [-0.2, -0.15) is 8.42 Å². The highest BCUT2D eigenvalue weighted by molar-refractivity contribution is 7.86. The Morgan fingerprint density at radius 2 is 1.04 bits per heavy atom. The number of Topliss-reactive ketones (excluding diaryl/α,β-unsaturated/α-hetero) is 1. The van der Waals surface area contributed by atoms with Crippen LogP contribution in [0.15, 0.2) is 23.1 Å². The first-order valence-corrected chi connectivity index (χ1v) is 19.9. The maximum absolute atomic E-state index is 13.0. The lowest BCUT2D eigenvalue weighted by Crippen LogP contribution is -2.24. The van der Waals surface area contributed by atoms with Crippen molar-refractivity contribution in [3.63, 3.8) is 0 Å². The van der Waals surface area contributed by atoms with Crippen LogP contribution < -0.4 is 15.4 Å². The summed E-state index contributed by atoms with van der Waals surface area (Å²) in [7, 11) is -4.75. The highest BCUT2D eigenvalue weighted by Gasteiger charge is 2.25. The van der Waals surface area contributed by atoms with Gasteiger partial charge in [0.2, 0.25) is 11.8 Å². The number of amides is 2. The van der Waals surface area contributed by atoms with E-state index in [2.05, 4.69) is 24.5 Å². The number of carbonyl (C=O) groups excluding carboxylic acids is 4. The smallest absolute Gasteiger partial charge is 0.311 e. The molecule has 1 aromatic carbocycles. The maximum atomic E-state index is 13.0. The molecular formula is C37H62N2O8S. The van der Waals surface area contributed by atoms with Gasteiger partial charge in [0, 0.05) is 38.8 Å². The fourth-order valence-electron chi connectivity index (χ4n) is 5.44. The van der Waals surface area contributed by atoms with Crippen molar-refractivity contribution in [2.24, 2.45) is 0 Å². The lowest BCUT2D eigenvalue weighted by Gasteiger charge is -2.13. The number of carbonyl (C=O) groups is 4. The molecule has 0 saturated carbocycles. The zero-order chi connectivity index (χ0) is 35.5. The van der Waals surface area contributed by atoms with E-state index in [1.54, 1.807) is 0 Å². The van der Waals surface area contributed by atoms with E-state index in [0.29, 0.717) is 64.5 Å². The first-order chi connectivity index (χ1) is 23.1. The van der Waals surface area contributed by atoms with Gasteiger partial charge in [-0.1, -0.05) is 103 Å². The van der Waals surface area contributed by atoms with Gasteiger partial charge in [-0.15, -0.1) is 0 Å². The Kier molecular flexibility index (Phi) is 24.4. The van der Waals surface area contributed by atoms with Crippen LogP contribution in [0.5, 0.6) is 5.75 Å². The number of para-hydroxylation sites is 1. The molecule has 10 nitrogen and oxygen atoms in total. The number of hydrogen-bond acceptors (Lipinski definition) is 7. The number of hydrogen-bond donors (Lipinski definition) is 3. The quantitative estimate of drug-likeness (QED) is 0.0239. The summed E-state index contributed by atoms with van der Waals surface area (Å²) in [6, 6.07) is 3.81. The number of benzene rings is 1. The predicted molar refractivity (Wildman–Crippen MR) is 190 cm³/mol. The van der Waals surface area contributed by atoms with E-state index in [1.807, 2.05) is 0 Å². The van der Waals surface area contributed by atoms with E-state index in [9.17, 15) is 32.1 Å². The standard InChI is InChI=1S/C37H62N2O8S/c1-3-5-7-9-11-13-18-27-35(42)38-29-20-14-16-24-32(40)31-23-22-25-33(48(44,45)46)37(31)47-36(43)28-19-15-21-30-39-34(41)26-17-12-10-8-6-4-2/h22-23,25H,3-21,24,26-30H2,1-2H3,(H,38,42)(H,39,41)(H,44,45,46). The summed E-state index contributed by atoms with van der Waals surface area (Å²) in [5.41, 5.74) is -0.0745. The molecule has 0 heterocycles. The highest BCUT2D eigenvalue weighted by Crippen LogP contribution is 2.30. The van der Waals surface area contributed by atoms with Gasteiger partial charge in [0.15, 0.2) is 11.5 Å². The Morgan fingerprint density at radius 1 is 0.604 bits per heavy atom. The fraction of sp³-hybridized carbons (Fsp3) is 0.730. The molecule has 0 aliphatic carbocycles. The van der Waals surface area contributed by atoms with E-state index in [-0.39, 0.29) is 30.2 Å². The van der Waals surface area contributed by atoms with Gasteiger partial charge in [0.25, 0.3) is 10.1 Å². The van der Waals surface area contributed by atoms with Gasteiger partial charge in [0.05, 0.1) is 5.56 Å². The van der Waals surface area contributed by atoms with Crippen molar-refractivity contribution in [2.45, 2.75) is 166 Å². The predicted octanol–water partition coefficient (Wildman–Crippen LogP) is 8.27. The van der Waals surface area contributed by atoms with Crippen LogP contribution in [0, 0.1) is 0 Å². The molecule has 0 radical (unpaired) electrons. The second-order valence-corrected chi connectivity index (χ2v) is 14.1. The minimum Gasteiger partial charge on any atom is -0.424 e. The second kappa shape index (κ2) is 27.1. The number of esters is 1. The lowest BCUT2D eigenvalue weighted by atomic mass is 10.0. The van der Waals surface area contributed by atoms with E-state index < -0.39 is 32.5 Å².